The maximum atomic E-state index is 13.6. The second-order valence-electron chi connectivity index (χ2n) is 4.84. The zero-order valence-corrected chi connectivity index (χ0v) is 13.6. The summed E-state index contributed by atoms with van der Waals surface area (Å²) in [5, 5.41) is 3.11. The van der Waals surface area contributed by atoms with Gasteiger partial charge in [-0.15, -0.1) is 0 Å². The maximum Gasteiger partial charge on any atom is 0.139 e. The fourth-order valence-electron chi connectivity index (χ4n) is 1.79. The fraction of sp³-hybridized carbons (Fsp3) is 0.250. The molecule has 0 fully saturated rings. The molecule has 0 heterocycles. The Morgan fingerprint density at radius 2 is 2.10 bits per heavy atom. The third-order valence-corrected chi connectivity index (χ3v) is 3.73. The molecule has 1 unspecified atom stereocenters. The van der Waals surface area contributed by atoms with Gasteiger partial charge in [0.25, 0.3) is 0 Å². The van der Waals surface area contributed by atoms with E-state index in [4.69, 9.17) is 10.5 Å². The van der Waals surface area contributed by atoms with Crippen molar-refractivity contribution in [1.29, 1.82) is 0 Å². The van der Waals surface area contributed by atoms with E-state index in [0.29, 0.717) is 15.8 Å². The fourth-order valence-corrected chi connectivity index (χ4v) is 2.15. The van der Waals surface area contributed by atoms with Crippen LogP contribution in [0.25, 0.3) is 0 Å². The van der Waals surface area contributed by atoms with E-state index >= 15 is 0 Å². The van der Waals surface area contributed by atoms with E-state index in [0.717, 1.165) is 17.9 Å². The largest absolute Gasteiger partial charge is 0.491 e. The molecule has 0 amide bonds. The summed E-state index contributed by atoms with van der Waals surface area (Å²) >= 11 is 3.11. The second kappa shape index (κ2) is 6.80. The highest BCUT2D eigenvalue weighted by Gasteiger charge is 2.07. The first-order valence-corrected chi connectivity index (χ1v) is 7.57. The molecule has 0 aliphatic carbocycles. The van der Waals surface area contributed by atoms with Crippen molar-refractivity contribution in [3.05, 3.63) is 46.7 Å². The van der Waals surface area contributed by atoms with Gasteiger partial charge in [0.15, 0.2) is 0 Å². The number of halogens is 2. The number of nitrogens with two attached hydrogens (primary N) is 1. The normalized spacial score (nSPS) is 12.0. The van der Waals surface area contributed by atoms with Crippen LogP contribution in [0.2, 0.25) is 0 Å². The minimum Gasteiger partial charge on any atom is -0.491 e. The Morgan fingerprint density at radius 3 is 2.81 bits per heavy atom. The molecule has 0 radical (unpaired) electrons. The van der Waals surface area contributed by atoms with Crippen molar-refractivity contribution in [2.75, 3.05) is 11.1 Å². The van der Waals surface area contributed by atoms with Crippen molar-refractivity contribution in [3.63, 3.8) is 0 Å². The summed E-state index contributed by atoms with van der Waals surface area (Å²) in [5.74, 6) is 0.407. The Hall–Kier alpha value is -1.75. The summed E-state index contributed by atoms with van der Waals surface area (Å²) < 4.78 is 19.7. The molecule has 2 aromatic carbocycles. The standard InChI is InChI=1S/C16H18BrFN2O/c1-3-10(2)21-12-6-4-5-11(7-12)20-16-9-14(18)13(17)8-15(16)19/h4-10,20H,3,19H2,1-2H3. The second-order valence-corrected chi connectivity index (χ2v) is 5.70. The molecule has 21 heavy (non-hydrogen) atoms. The van der Waals surface area contributed by atoms with Gasteiger partial charge >= 0.3 is 0 Å². The van der Waals surface area contributed by atoms with Gasteiger partial charge < -0.3 is 15.8 Å². The molecular formula is C16H18BrFN2O. The zero-order chi connectivity index (χ0) is 15.4. The number of ether oxygens (including phenoxy) is 1. The maximum absolute atomic E-state index is 13.6. The van der Waals surface area contributed by atoms with Crippen molar-refractivity contribution in [2.45, 2.75) is 26.4 Å². The summed E-state index contributed by atoms with van der Waals surface area (Å²) in [4.78, 5) is 0. The van der Waals surface area contributed by atoms with Crippen LogP contribution in [-0.4, -0.2) is 6.10 Å². The first-order chi connectivity index (χ1) is 9.99. The molecule has 0 aromatic heterocycles. The Balaban J connectivity index is 2.20. The van der Waals surface area contributed by atoms with Crippen molar-refractivity contribution in [2.24, 2.45) is 0 Å². The molecule has 5 heteroatoms. The van der Waals surface area contributed by atoms with Gasteiger partial charge in [-0.1, -0.05) is 13.0 Å². The van der Waals surface area contributed by atoms with Crippen LogP contribution < -0.4 is 15.8 Å². The van der Waals surface area contributed by atoms with Crippen molar-refractivity contribution >= 4 is 33.0 Å². The quantitative estimate of drug-likeness (QED) is 0.736. The topological polar surface area (TPSA) is 47.3 Å². The average molecular weight is 353 g/mol. The number of nitrogen functional groups attached to an aromatic ring is 1. The van der Waals surface area contributed by atoms with Crippen LogP contribution in [0, 0.1) is 5.82 Å². The van der Waals surface area contributed by atoms with Crippen molar-refractivity contribution in [3.8, 4) is 5.75 Å². The minimum atomic E-state index is -0.362. The van der Waals surface area contributed by atoms with E-state index in [1.807, 2.05) is 31.2 Å². The Labute approximate surface area is 132 Å². The molecule has 0 spiro atoms. The van der Waals surface area contributed by atoms with Crippen LogP contribution in [0.3, 0.4) is 0 Å². The lowest BCUT2D eigenvalue weighted by Gasteiger charge is -2.15. The summed E-state index contributed by atoms with van der Waals surface area (Å²) in [6.45, 7) is 4.08. The van der Waals surface area contributed by atoms with Gasteiger partial charge in [-0.2, -0.15) is 0 Å². The molecule has 112 valence electrons. The van der Waals surface area contributed by atoms with Crippen LogP contribution in [-0.2, 0) is 0 Å². The summed E-state index contributed by atoms with van der Waals surface area (Å²) in [5.41, 5.74) is 7.68. The number of nitrogens with one attached hydrogen (secondary N) is 1. The van der Waals surface area contributed by atoms with E-state index in [-0.39, 0.29) is 11.9 Å². The van der Waals surface area contributed by atoms with E-state index in [1.165, 1.54) is 12.1 Å². The molecule has 0 saturated heterocycles. The number of rotatable bonds is 5. The highest BCUT2D eigenvalue weighted by molar-refractivity contribution is 9.10. The third-order valence-electron chi connectivity index (χ3n) is 3.12. The average Bonchev–Trinajstić information content (AvgIpc) is 2.45. The first-order valence-electron chi connectivity index (χ1n) is 6.78. The molecule has 2 rings (SSSR count). The lowest BCUT2D eigenvalue weighted by Crippen LogP contribution is -2.09. The van der Waals surface area contributed by atoms with Gasteiger partial charge in [0.1, 0.15) is 11.6 Å². The summed E-state index contributed by atoms with van der Waals surface area (Å²) in [6.07, 6.45) is 1.08. The van der Waals surface area contributed by atoms with E-state index < -0.39 is 0 Å². The lowest BCUT2D eigenvalue weighted by molar-refractivity contribution is 0.217. The van der Waals surface area contributed by atoms with E-state index in [1.54, 1.807) is 0 Å². The van der Waals surface area contributed by atoms with Crippen molar-refractivity contribution in [1.82, 2.24) is 0 Å². The molecule has 3 N–H and O–H groups in total. The predicted molar refractivity (Wildman–Crippen MR) is 88.6 cm³/mol. The molecule has 2 aromatic rings. The highest BCUT2D eigenvalue weighted by atomic mass is 79.9. The number of hydrogen-bond acceptors (Lipinski definition) is 3. The molecule has 0 saturated carbocycles. The summed E-state index contributed by atoms with van der Waals surface area (Å²) in [7, 11) is 0. The van der Waals surface area contributed by atoms with E-state index in [2.05, 4.69) is 28.2 Å². The van der Waals surface area contributed by atoms with Gasteiger partial charge in [-0.3, -0.25) is 0 Å². The van der Waals surface area contributed by atoms with Crippen LogP contribution in [0.15, 0.2) is 40.9 Å². The molecule has 0 aliphatic rings. The third kappa shape index (κ3) is 4.11. The lowest BCUT2D eigenvalue weighted by atomic mass is 10.2. The van der Waals surface area contributed by atoms with Crippen LogP contribution in [0.4, 0.5) is 21.5 Å². The molecule has 0 bridgehead atoms. The molecule has 1 atom stereocenters. The molecular weight excluding hydrogens is 335 g/mol. The number of anilines is 3. The first kappa shape index (κ1) is 15.6. The highest BCUT2D eigenvalue weighted by Crippen LogP contribution is 2.30. The minimum absolute atomic E-state index is 0.149. The van der Waals surface area contributed by atoms with Gasteiger partial charge in [0.2, 0.25) is 0 Å². The predicted octanol–water partition coefficient (Wildman–Crippen LogP) is 5.09. The Bertz CT molecular complexity index is 634. The van der Waals surface area contributed by atoms with Gasteiger partial charge in [0.05, 0.1) is 22.0 Å². The van der Waals surface area contributed by atoms with Crippen LogP contribution in [0.5, 0.6) is 5.75 Å². The van der Waals surface area contributed by atoms with E-state index in [9.17, 15) is 4.39 Å². The van der Waals surface area contributed by atoms with Crippen molar-refractivity contribution < 1.29 is 9.13 Å². The zero-order valence-electron chi connectivity index (χ0n) is 12.0. The van der Waals surface area contributed by atoms with Crippen LogP contribution in [0.1, 0.15) is 20.3 Å². The number of hydrogen-bond donors (Lipinski definition) is 2. The Morgan fingerprint density at radius 1 is 1.33 bits per heavy atom. The molecule has 0 aliphatic heterocycles. The van der Waals surface area contributed by atoms with Gasteiger partial charge in [0, 0.05) is 17.8 Å². The summed E-state index contributed by atoms with van der Waals surface area (Å²) in [6, 6.07) is 10.4. The van der Waals surface area contributed by atoms with Gasteiger partial charge in [-0.25, -0.2) is 4.39 Å². The Kier molecular flexibility index (Phi) is 5.07. The molecule has 3 nitrogen and oxygen atoms in total. The number of benzene rings is 2. The SMILES string of the molecule is CCC(C)Oc1cccc(Nc2cc(F)c(Br)cc2N)c1. The van der Waals surface area contributed by atoms with Gasteiger partial charge in [-0.05, 0) is 47.5 Å². The van der Waals surface area contributed by atoms with Crippen LogP contribution >= 0.6 is 15.9 Å². The smallest absolute Gasteiger partial charge is 0.139 e. The monoisotopic (exact) mass is 352 g/mol.